The van der Waals surface area contributed by atoms with Gasteiger partial charge in [-0.05, 0) is 12.8 Å². The van der Waals surface area contributed by atoms with Crippen LogP contribution in [0.1, 0.15) is 156 Å². The van der Waals surface area contributed by atoms with E-state index < -0.39 is 5.79 Å². The maximum Gasteiger partial charge on any atom is 0.222 e. The molecule has 0 heterocycles. The van der Waals surface area contributed by atoms with Crippen molar-refractivity contribution in [3.05, 3.63) is 0 Å². The highest BCUT2D eigenvalue weighted by molar-refractivity contribution is 5.80. The first-order valence-corrected chi connectivity index (χ1v) is 15.0. The fourth-order valence-corrected chi connectivity index (χ4v) is 4.48. The van der Waals surface area contributed by atoms with Crippen molar-refractivity contribution in [2.24, 2.45) is 0 Å². The standard InChI is InChI=1S/C29H59N3O3/c1-4-7-9-11-13-15-17-19-21-23-27(34)31-29(6-3,30-25-26-33)32-28(35)24-22-20-18-16-14-12-10-8-5-2/h30,33H,4-26H2,1-3H3,(H,31,34)(H,32,35). The second-order valence-electron chi connectivity index (χ2n) is 10.2. The van der Waals surface area contributed by atoms with Gasteiger partial charge in [0.05, 0.1) is 6.61 Å². The summed E-state index contributed by atoms with van der Waals surface area (Å²) in [6, 6.07) is 0. The molecule has 0 spiro atoms. The molecule has 0 radical (unpaired) electrons. The number of amides is 2. The van der Waals surface area contributed by atoms with Gasteiger partial charge in [-0.2, -0.15) is 0 Å². The molecule has 0 saturated heterocycles. The molecule has 4 N–H and O–H groups in total. The third-order valence-electron chi connectivity index (χ3n) is 6.79. The van der Waals surface area contributed by atoms with Gasteiger partial charge >= 0.3 is 0 Å². The van der Waals surface area contributed by atoms with Crippen LogP contribution in [0.5, 0.6) is 0 Å². The summed E-state index contributed by atoms with van der Waals surface area (Å²) in [5, 5.41) is 18.5. The Balaban J connectivity index is 4.24. The van der Waals surface area contributed by atoms with Crippen molar-refractivity contribution in [3.63, 3.8) is 0 Å². The van der Waals surface area contributed by atoms with E-state index in [9.17, 15) is 14.7 Å². The first-order chi connectivity index (χ1) is 17.0. The Morgan fingerprint density at radius 2 is 0.914 bits per heavy atom. The summed E-state index contributed by atoms with van der Waals surface area (Å²) in [6.45, 7) is 6.67. The summed E-state index contributed by atoms with van der Waals surface area (Å²) in [5.41, 5.74) is 0. The zero-order valence-electron chi connectivity index (χ0n) is 23.5. The Bertz CT molecular complexity index is 464. The Labute approximate surface area is 217 Å². The average Bonchev–Trinajstić information content (AvgIpc) is 2.85. The van der Waals surface area contributed by atoms with E-state index in [1.807, 2.05) is 6.92 Å². The van der Waals surface area contributed by atoms with Crippen LogP contribution in [0.4, 0.5) is 0 Å². The molecule has 0 aliphatic rings. The third kappa shape index (κ3) is 20.7. The van der Waals surface area contributed by atoms with Crippen molar-refractivity contribution >= 4 is 11.8 Å². The summed E-state index contributed by atoms with van der Waals surface area (Å²) in [5.74, 6) is -1.10. The molecule has 0 unspecified atom stereocenters. The molecule has 6 nitrogen and oxygen atoms in total. The van der Waals surface area contributed by atoms with Gasteiger partial charge in [-0.3, -0.25) is 14.9 Å². The lowest BCUT2D eigenvalue weighted by Gasteiger charge is -2.36. The number of unbranched alkanes of at least 4 members (excludes halogenated alkanes) is 16. The van der Waals surface area contributed by atoms with E-state index in [-0.39, 0.29) is 18.4 Å². The number of carbonyl (C=O) groups excluding carboxylic acids is 2. The van der Waals surface area contributed by atoms with Gasteiger partial charge in [0.1, 0.15) is 0 Å². The van der Waals surface area contributed by atoms with Gasteiger partial charge in [0.25, 0.3) is 0 Å². The smallest absolute Gasteiger partial charge is 0.222 e. The van der Waals surface area contributed by atoms with Crippen molar-refractivity contribution in [1.82, 2.24) is 16.0 Å². The van der Waals surface area contributed by atoms with Gasteiger partial charge in [0.2, 0.25) is 11.8 Å². The lowest BCUT2D eigenvalue weighted by Crippen LogP contribution is -2.69. The predicted octanol–water partition coefficient (Wildman–Crippen LogP) is 6.71. The van der Waals surface area contributed by atoms with E-state index in [0.29, 0.717) is 25.8 Å². The summed E-state index contributed by atoms with van der Waals surface area (Å²) < 4.78 is 0. The highest BCUT2D eigenvalue weighted by Crippen LogP contribution is 2.13. The number of carbonyl (C=O) groups is 2. The summed E-state index contributed by atoms with van der Waals surface area (Å²) in [4.78, 5) is 25.3. The van der Waals surface area contributed by atoms with Gasteiger partial charge in [-0.15, -0.1) is 0 Å². The van der Waals surface area contributed by atoms with Crippen LogP contribution in [0.25, 0.3) is 0 Å². The summed E-state index contributed by atoms with van der Waals surface area (Å²) in [6.07, 6.45) is 23.3. The maximum absolute atomic E-state index is 12.6. The van der Waals surface area contributed by atoms with Crippen LogP contribution in [0.3, 0.4) is 0 Å². The summed E-state index contributed by atoms with van der Waals surface area (Å²) >= 11 is 0. The van der Waals surface area contributed by atoms with Crippen molar-refractivity contribution in [3.8, 4) is 0 Å². The van der Waals surface area contributed by atoms with E-state index in [1.165, 1.54) is 89.9 Å². The highest BCUT2D eigenvalue weighted by Gasteiger charge is 2.30. The van der Waals surface area contributed by atoms with Crippen LogP contribution < -0.4 is 16.0 Å². The number of nitrogens with one attached hydrogen (secondary N) is 3. The molecule has 0 aliphatic heterocycles. The Morgan fingerprint density at radius 1 is 0.571 bits per heavy atom. The van der Waals surface area contributed by atoms with Crippen LogP contribution in [0.2, 0.25) is 0 Å². The Hall–Kier alpha value is -1.14. The molecule has 0 aromatic carbocycles. The van der Waals surface area contributed by atoms with Crippen LogP contribution in [-0.2, 0) is 9.59 Å². The van der Waals surface area contributed by atoms with Gasteiger partial charge in [0, 0.05) is 25.8 Å². The minimum atomic E-state index is -0.991. The Morgan fingerprint density at radius 3 is 1.23 bits per heavy atom. The van der Waals surface area contributed by atoms with Gasteiger partial charge < -0.3 is 15.7 Å². The molecule has 0 rings (SSSR count). The van der Waals surface area contributed by atoms with Crippen LogP contribution in [0.15, 0.2) is 0 Å². The maximum atomic E-state index is 12.6. The molecule has 0 bridgehead atoms. The van der Waals surface area contributed by atoms with E-state index in [0.717, 1.165) is 25.7 Å². The van der Waals surface area contributed by atoms with Crippen molar-refractivity contribution in [1.29, 1.82) is 0 Å². The van der Waals surface area contributed by atoms with E-state index in [4.69, 9.17) is 0 Å². The fourth-order valence-electron chi connectivity index (χ4n) is 4.48. The molecule has 0 fully saturated rings. The molecular weight excluding hydrogens is 438 g/mol. The third-order valence-corrected chi connectivity index (χ3v) is 6.79. The van der Waals surface area contributed by atoms with E-state index >= 15 is 0 Å². The first kappa shape index (κ1) is 33.9. The number of rotatable bonds is 26. The topological polar surface area (TPSA) is 90.5 Å². The zero-order valence-corrected chi connectivity index (χ0v) is 23.5. The number of hydrogen-bond donors (Lipinski definition) is 4. The Kier molecular flexibility index (Phi) is 23.8. The molecule has 2 amide bonds. The lowest BCUT2D eigenvalue weighted by molar-refractivity contribution is -0.128. The first-order valence-electron chi connectivity index (χ1n) is 15.0. The highest BCUT2D eigenvalue weighted by atomic mass is 16.3. The number of hydrogen-bond acceptors (Lipinski definition) is 4. The predicted molar refractivity (Wildman–Crippen MR) is 148 cm³/mol. The summed E-state index contributed by atoms with van der Waals surface area (Å²) in [7, 11) is 0. The van der Waals surface area contributed by atoms with Gasteiger partial charge in [-0.25, -0.2) is 0 Å². The van der Waals surface area contributed by atoms with Crippen molar-refractivity contribution < 1.29 is 14.7 Å². The monoisotopic (exact) mass is 497 g/mol. The molecule has 0 saturated carbocycles. The fraction of sp³-hybridized carbons (Fsp3) is 0.931. The molecular formula is C29H59N3O3. The van der Waals surface area contributed by atoms with Crippen LogP contribution in [0, 0.1) is 0 Å². The largest absolute Gasteiger partial charge is 0.395 e. The molecule has 0 aliphatic carbocycles. The quantitative estimate of drug-likeness (QED) is 0.0790. The molecule has 0 aromatic heterocycles. The van der Waals surface area contributed by atoms with Gasteiger partial charge in [-0.1, -0.05) is 124 Å². The minimum absolute atomic E-state index is 0.0516. The lowest BCUT2D eigenvalue weighted by atomic mass is 10.1. The second kappa shape index (κ2) is 24.5. The molecule has 208 valence electrons. The number of aliphatic hydroxyl groups excluding tert-OH is 1. The van der Waals surface area contributed by atoms with Gasteiger partial charge in [0.15, 0.2) is 5.79 Å². The number of aliphatic hydroxyl groups is 1. The van der Waals surface area contributed by atoms with E-state index in [2.05, 4.69) is 29.8 Å². The van der Waals surface area contributed by atoms with Crippen molar-refractivity contribution in [2.45, 2.75) is 161 Å². The van der Waals surface area contributed by atoms with E-state index in [1.54, 1.807) is 0 Å². The SMILES string of the molecule is CCCCCCCCCCCC(=O)NC(CC)(NCCO)NC(=O)CCCCCCCCCCC. The second-order valence-corrected chi connectivity index (χ2v) is 10.2. The normalized spacial score (nSPS) is 11.5. The molecule has 0 aromatic rings. The average molecular weight is 498 g/mol. The van der Waals surface area contributed by atoms with Crippen LogP contribution in [-0.4, -0.2) is 35.9 Å². The zero-order chi connectivity index (χ0) is 26.0. The minimum Gasteiger partial charge on any atom is -0.395 e. The van der Waals surface area contributed by atoms with Crippen molar-refractivity contribution in [2.75, 3.05) is 13.2 Å². The van der Waals surface area contributed by atoms with Crippen LogP contribution >= 0.6 is 0 Å². The molecule has 6 heteroatoms. The molecule has 35 heavy (non-hydrogen) atoms. The molecule has 0 atom stereocenters.